The molecule has 0 saturated carbocycles. The molecule has 1 heterocycles. The summed E-state index contributed by atoms with van der Waals surface area (Å²) in [5.74, 6) is -0.559. The maximum atomic E-state index is 13.2. The molecule has 1 aliphatic rings. The van der Waals surface area contributed by atoms with E-state index in [2.05, 4.69) is 5.32 Å². The molecular formula is C25H21FN2O3. The predicted molar refractivity (Wildman–Crippen MR) is 117 cm³/mol. The predicted octanol–water partition coefficient (Wildman–Crippen LogP) is 4.47. The molecule has 3 aromatic carbocycles. The minimum absolute atomic E-state index is 0.0641. The van der Waals surface area contributed by atoms with Crippen LogP contribution in [0.15, 0.2) is 84.6 Å². The number of nitrogens with one attached hydrogen (secondary N) is 1. The van der Waals surface area contributed by atoms with E-state index in [1.54, 1.807) is 36.4 Å². The van der Waals surface area contributed by atoms with Gasteiger partial charge in [-0.1, -0.05) is 54.6 Å². The van der Waals surface area contributed by atoms with E-state index < -0.39 is 5.91 Å². The number of halogens is 1. The molecule has 1 N–H and O–H groups in total. The molecule has 0 radical (unpaired) electrons. The zero-order chi connectivity index (χ0) is 21.8. The van der Waals surface area contributed by atoms with Crippen molar-refractivity contribution in [2.24, 2.45) is 0 Å². The molecule has 0 aliphatic carbocycles. The molecule has 3 aromatic rings. The van der Waals surface area contributed by atoms with Gasteiger partial charge in [-0.2, -0.15) is 0 Å². The van der Waals surface area contributed by atoms with E-state index >= 15 is 0 Å². The fourth-order valence-electron chi connectivity index (χ4n) is 3.39. The number of hydrogen-bond donors (Lipinski definition) is 1. The summed E-state index contributed by atoms with van der Waals surface area (Å²) < 4.78 is 19.0. The van der Waals surface area contributed by atoms with Crippen LogP contribution in [-0.2, 0) is 9.59 Å². The first-order valence-electron chi connectivity index (χ1n) is 9.91. The third-order valence-corrected chi connectivity index (χ3v) is 4.98. The number of carbonyl (C=O) groups excluding carboxylic acids is 2. The van der Waals surface area contributed by atoms with Gasteiger partial charge in [-0.25, -0.2) is 4.39 Å². The third-order valence-electron chi connectivity index (χ3n) is 4.98. The van der Waals surface area contributed by atoms with E-state index in [0.29, 0.717) is 17.0 Å². The van der Waals surface area contributed by atoms with Crippen LogP contribution in [0.4, 0.5) is 10.1 Å². The second-order valence-electron chi connectivity index (χ2n) is 7.22. The molecular weight excluding hydrogens is 395 g/mol. The largest absolute Gasteiger partial charge is 0.449 e. The summed E-state index contributed by atoms with van der Waals surface area (Å²) in [6, 6.07) is 22.2. The smallest absolute Gasteiger partial charge is 0.294 e. The number of rotatable bonds is 5. The number of anilines is 1. The zero-order valence-corrected chi connectivity index (χ0v) is 16.9. The first-order valence-corrected chi connectivity index (χ1v) is 9.91. The van der Waals surface area contributed by atoms with Gasteiger partial charge in [0.25, 0.3) is 5.91 Å². The molecule has 1 aliphatic heterocycles. The minimum Gasteiger partial charge on any atom is -0.449 e. The van der Waals surface area contributed by atoms with Gasteiger partial charge in [-0.15, -0.1) is 0 Å². The molecule has 6 heteroatoms. The van der Waals surface area contributed by atoms with Gasteiger partial charge in [0, 0.05) is 0 Å². The van der Waals surface area contributed by atoms with Gasteiger partial charge in [0.2, 0.25) is 5.91 Å². The van der Waals surface area contributed by atoms with E-state index in [9.17, 15) is 14.0 Å². The third kappa shape index (κ3) is 4.64. The summed E-state index contributed by atoms with van der Waals surface area (Å²) >= 11 is 0. The van der Waals surface area contributed by atoms with Gasteiger partial charge in [0.1, 0.15) is 12.4 Å². The fourth-order valence-corrected chi connectivity index (χ4v) is 3.39. The van der Waals surface area contributed by atoms with Crippen molar-refractivity contribution in [2.75, 3.05) is 11.4 Å². The van der Waals surface area contributed by atoms with E-state index in [1.807, 2.05) is 37.3 Å². The number of amides is 2. The van der Waals surface area contributed by atoms with Crippen molar-refractivity contribution in [3.05, 3.63) is 102 Å². The average molecular weight is 416 g/mol. The van der Waals surface area contributed by atoms with Crippen LogP contribution in [0, 0.1) is 5.82 Å². The van der Waals surface area contributed by atoms with Crippen molar-refractivity contribution >= 4 is 23.6 Å². The van der Waals surface area contributed by atoms with Crippen molar-refractivity contribution in [1.82, 2.24) is 5.32 Å². The van der Waals surface area contributed by atoms with Crippen molar-refractivity contribution in [3.63, 3.8) is 0 Å². The lowest BCUT2D eigenvalue weighted by molar-refractivity contribution is -0.123. The van der Waals surface area contributed by atoms with Gasteiger partial charge in [0.15, 0.2) is 11.5 Å². The van der Waals surface area contributed by atoms with Gasteiger partial charge in [0.05, 0.1) is 11.7 Å². The number of para-hydroxylation sites is 2. The standard InChI is InChI=1S/C25H21FN2O3/c1-17(19-7-3-2-4-8-19)27-24(29)16-28-21-9-5-6-10-22(21)31-23(25(28)30)15-18-11-13-20(26)14-12-18/h2-15,17H,16H2,1H3,(H,27,29)/b23-15+/t17-/m1/s1. The number of nitrogens with zero attached hydrogens (tertiary/aromatic N) is 1. The fraction of sp³-hybridized carbons (Fsp3) is 0.120. The van der Waals surface area contributed by atoms with Gasteiger partial charge in [-0.05, 0) is 48.4 Å². The second kappa shape index (κ2) is 8.83. The molecule has 5 nitrogen and oxygen atoms in total. The quantitative estimate of drug-likeness (QED) is 0.625. The summed E-state index contributed by atoms with van der Waals surface area (Å²) in [6.45, 7) is 1.74. The van der Waals surface area contributed by atoms with Crippen molar-refractivity contribution < 1.29 is 18.7 Å². The van der Waals surface area contributed by atoms with E-state index in [-0.39, 0.29) is 30.1 Å². The second-order valence-corrected chi connectivity index (χ2v) is 7.22. The van der Waals surface area contributed by atoms with Crippen molar-refractivity contribution in [2.45, 2.75) is 13.0 Å². The SMILES string of the molecule is C[C@@H](NC(=O)CN1C(=O)/C(=C\c2ccc(F)cc2)Oc2ccccc21)c1ccccc1. The Morgan fingerprint density at radius 1 is 1.03 bits per heavy atom. The lowest BCUT2D eigenvalue weighted by Crippen LogP contribution is -2.44. The summed E-state index contributed by atoms with van der Waals surface area (Å²) in [6.07, 6.45) is 1.54. The highest BCUT2D eigenvalue weighted by molar-refractivity contribution is 6.12. The monoisotopic (exact) mass is 416 g/mol. The lowest BCUT2D eigenvalue weighted by atomic mass is 10.1. The highest BCUT2D eigenvalue weighted by atomic mass is 19.1. The van der Waals surface area contributed by atoms with E-state index in [4.69, 9.17) is 4.74 Å². The summed E-state index contributed by atoms with van der Waals surface area (Å²) in [5.41, 5.74) is 2.11. The summed E-state index contributed by atoms with van der Waals surface area (Å²) in [7, 11) is 0. The Morgan fingerprint density at radius 2 is 1.71 bits per heavy atom. The Hall–Kier alpha value is -3.93. The number of benzene rings is 3. The Labute approximate surface area is 179 Å². The Bertz CT molecular complexity index is 1130. The van der Waals surface area contributed by atoms with Gasteiger partial charge in [-0.3, -0.25) is 14.5 Å². The van der Waals surface area contributed by atoms with Crippen LogP contribution in [0.25, 0.3) is 6.08 Å². The van der Waals surface area contributed by atoms with Crippen LogP contribution in [0.5, 0.6) is 5.75 Å². The maximum absolute atomic E-state index is 13.2. The number of hydrogen-bond acceptors (Lipinski definition) is 3. The highest BCUT2D eigenvalue weighted by Crippen LogP contribution is 2.35. The molecule has 2 amide bonds. The summed E-state index contributed by atoms with van der Waals surface area (Å²) in [5, 5.41) is 2.93. The summed E-state index contributed by atoms with van der Waals surface area (Å²) in [4.78, 5) is 27.3. The van der Waals surface area contributed by atoms with Crippen molar-refractivity contribution in [3.8, 4) is 5.75 Å². The molecule has 31 heavy (non-hydrogen) atoms. The first kappa shape index (κ1) is 20.3. The lowest BCUT2D eigenvalue weighted by Gasteiger charge is -2.30. The normalized spacial score (nSPS) is 15.2. The van der Waals surface area contributed by atoms with E-state index in [0.717, 1.165) is 5.56 Å². The Balaban J connectivity index is 1.57. The molecule has 0 unspecified atom stereocenters. The zero-order valence-electron chi connectivity index (χ0n) is 16.9. The molecule has 0 spiro atoms. The molecule has 0 aromatic heterocycles. The van der Waals surface area contributed by atoms with Crippen LogP contribution >= 0.6 is 0 Å². The molecule has 0 fully saturated rings. The van der Waals surface area contributed by atoms with E-state index in [1.165, 1.54) is 23.1 Å². The topological polar surface area (TPSA) is 58.6 Å². The Morgan fingerprint density at radius 3 is 2.45 bits per heavy atom. The molecule has 4 rings (SSSR count). The highest BCUT2D eigenvalue weighted by Gasteiger charge is 2.31. The number of carbonyl (C=O) groups is 2. The average Bonchev–Trinajstić information content (AvgIpc) is 2.78. The molecule has 0 saturated heterocycles. The van der Waals surface area contributed by atoms with Crippen LogP contribution in [0.3, 0.4) is 0 Å². The van der Waals surface area contributed by atoms with Crippen LogP contribution in [-0.4, -0.2) is 18.4 Å². The van der Waals surface area contributed by atoms with Crippen LogP contribution < -0.4 is 15.0 Å². The number of fused-ring (bicyclic) bond motifs is 1. The Kier molecular flexibility index (Phi) is 5.80. The molecule has 1 atom stereocenters. The van der Waals surface area contributed by atoms with Crippen LogP contribution in [0.2, 0.25) is 0 Å². The molecule has 156 valence electrons. The van der Waals surface area contributed by atoms with Crippen molar-refractivity contribution in [1.29, 1.82) is 0 Å². The van der Waals surface area contributed by atoms with Gasteiger partial charge >= 0.3 is 0 Å². The maximum Gasteiger partial charge on any atom is 0.294 e. The first-order chi connectivity index (χ1) is 15.0. The van der Waals surface area contributed by atoms with Gasteiger partial charge < -0.3 is 10.1 Å². The molecule has 0 bridgehead atoms. The number of ether oxygens (including phenoxy) is 1. The minimum atomic E-state index is -0.439. The van der Waals surface area contributed by atoms with Crippen LogP contribution in [0.1, 0.15) is 24.1 Å².